The van der Waals surface area contributed by atoms with Crippen LogP contribution >= 0.6 is 12.2 Å². The van der Waals surface area contributed by atoms with Crippen molar-refractivity contribution >= 4 is 29.0 Å². The summed E-state index contributed by atoms with van der Waals surface area (Å²) in [5.74, 6) is -1.19. The molecule has 1 aliphatic rings. The predicted molar refractivity (Wildman–Crippen MR) is 80.0 cm³/mol. The fourth-order valence-corrected chi connectivity index (χ4v) is 2.33. The van der Waals surface area contributed by atoms with Crippen LogP contribution in [0.3, 0.4) is 0 Å². The first kappa shape index (κ1) is 14.5. The third-order valence-electron chi connectivity index (χ3n) is 3.26. The Morgan fingerprint density at radius 3 is 2.70 bits per heavy atom. The van der Waals surface area contributed by atoms with Gasteiger partial charge in [-0.3, -0.25) is 9.59 Å². The van der Waals surface area contributed by atoms with E-state index in [4.69, 9.17) is 5.73 Å². The van der Waals surface area contributed by atoms with Crippen molar-refractivity contribution in [3.05, 3.63) is 35.4 Å². The number of nitrogens with two attached hydrogens (primary N) is 1. The van der Waals surface area contributed by atoms with Gasteiger partial charge in [0.2, 0.25) is 0 Å². The number of carbonyl (C=O) groups is 2. The molecule has 0 saturated carbocycles. The van der Waals surface area contributed by atoms with Gasteiger partial charge >= 0.3 is 11.8 Å². The van der Waals surface area contributed by atoms with Gasteiger partial charge in [0.25, 0.3) is 0 Å². The molecular weight excluding hydrogens is 274 g/mol. The Labute approximate surface area is 123 Å². The van der Waals surface area contributed by atoms with Crippen LogP contribution in [0.25, 0.3) is 0 Å². The van der Waals surface area contributed by atoms with Gasteiger partial charge in [-0.2, -0.15) is 0 Å². The minimum Gasteiger partial charge on any atom is -0.392 e. The fraction of sp³-hybridized carbons (Fsp3) is 0.357. The number of aryl methyl sites for hydroxylation is 1. The number of fused-ring (bicyclic) bond motifs is 1. The van der Waals surface area contributed by atoms with Crippen LogP contribution in [-0.4, -0.2) is 34.8 Å². The van der Waals surface area contributed by atoms with Crippen LogP contribution in [0.1, 0.15) is 17.5 Å². The van der Waals surface area contributed by atoms with Crippen LogP contribution in [0.4, 0.5) is 0 Å². The predicted octanol–water partition coefficient (Wildman–Crippen LogP) is 0.364. The van der Waals surface area contributed by atoms with Crippen molar-refractivity contribution in [2.45, 2.75) is 19.4 Å². The van der Waals surface area contributed by atoms with Crippen LogP contribution in [0.5, 0.6) is 0 Å². The van der Waals surface area contributed by atoms with Crippen molar-refractivity contribution in [2.24, 2.45) is 5.73 Å². The van der Waals surface area contributed by atoms with E-state index in [1.54, 1.807) is 4.90 Å². The van der Waals surface area contributed by atoms with Gasteiger partial charge in [0.05, 0.1) is 11.5 Å². The molecule has 0 fully saturated rings. The molecule has 0 spiro atoms. The van der Waals surface area contributed by atoms with Crippen molar-refractivity contribution in [3.63, 3.8) is 0 Å². The molecular formula is C14H17N3O2S. The van der Waals surface area contributed by atoms with Crippen molar-refractivity contribution in [3.8, 4) is 0 Å². The molecule has 0 atom stereocenters. The highest BCUT2D eigenvalue weighted by Gasteiger charge is 2.24. The Morgan fingerprint density at radius 2 is 2.00 bits per heavy atom. The number of rotatable bonds is 2. The van der Waals surface area contributed by atoms with Crippen LogP contribution in [0.15, 0.2) is 24.3 Å². The maximum atomic E-state index is 12.1. The van der Waals surface area contributed by atoms with E-state index in [0.717, 1.165) is 18.4 Å². The summed E-state index contributed by atoms with van der Waals surface area (Å²) < 4.78 is 0. The second-order valence-corrected chi connectivity index (χ2v) is 5.27. The van der Waals surface area contributed by atoms with Crippen molar-refractivity contribution in [1.82, 2.24) is 10.2 Å². The van der Waals surface area contributed by atoms with E-state index >= 15 is 0 Å². The van der Waals surface area contributed by atoms with Gasteiger partial charge in [0.1, 0.15) is 0 Å². The van der Waals surface area contributed by atoms with Crippen molar-refractivity contribution in [1.29, 1.82) is 0 Å². The van der Waals surface area contributed by atoms with Crippen LogP contribution in [0, 0.1) is 0 Å². The van der Waals surface area contributed by atoms with Crippen molar-refractivity contribution < 1.29 is 9.59 Å². The quantitative estimate of drug-likeness (QED) is 0.609. The Hall–Kier alpha value is -1.95. The summed E-state index contributed by atoms with van der Waals surface area (Å²) in [5.41, 5.74) is 7.64. The lowest BCUT2D eigenvalue weighted by Gasteiger charge is -2.20. The highest BCUT2D eigenvalue weighted by molar-refractivity contribution is 7.80. The second-order valence-electron chi connectivity index (χ2n) is 4.75. The molecule has 0 aromatic heterocycles. The molecule has 6 heteroatoms. The number of thiocarbonyl (C=S) groups is 1. The molecule has 0 radical (unpaired) electrons. The monoisotopic (exact) mass is 291 g/mol. The van der Waals surface area contributed by atoms with Gasteiger partial charge in [0.15, 0.2) is 0 Å². The highest BCUT2D eigenvalue weighted by atomic mass is 32.1. The summed E-state index contributed by atoms with van der Waals surface area (Å²) in [6.45, 7) is 1.09. The summed E-state index contributed by atoms with van der Waals surface area (Å²) in [7, 11) is 0. The number of nitrogens with zero attached hydrogens (tertiary/aromatic N) is 1. The average molecular weight is 291 g/mol. The second kappa shape index (κ2) is 6.47. The minimum atomic E-state index is -0.655. The summed E-state index contributed by atoms with van der Waals surface area (Å²) in [6.07, 6.45) is 1.78. The molecule has 106 valence electrons. The van der Waals surface area contributed by atoms with E-state index in [0.29, 0.717) is 13.1 Å². The molecule has 2 amide bonds. The number of hydrogen-bond acceptors (Lipinski definition) is 3. The minimum absolute atomic E-state index is 0.0460. The first-order valence-electron chi connectivity index (χ1n) is 6.50. The van der Waals surface area contributed by atoms with Crippen LogP contribution < -0.4 is 11.1 Å². The maximum absolute atomic E-state index is 12.1. The highest BCUT2D eigenvalue weighted by Crippen LogP contribution is 2.18. The van der Waals surface area contributed by atoms with E-state index in [1.807, 2.05) is 18.2 Å². The first-order valence-corrected chi connectivity index (χ1v) is 6.91. The normalized spacial score (nSPS) is 14.1. The Morgan fingerprint density at radius 1 is 1.30 bits per heavy atom. The SMILES string of the molecule is NC(=S)CNC(=O)C(=O)N1CCCc2ccccc2C1. The van der Waals surface area contributed by atoms with E-state index in [9.17, 15) is 9.59 Å². The van der Waals surface area contributed by atoms with Crippen molar-refractivity contribution in [2.75, 3.05) is 13.1 Å². The van der Waals surface area contributed by atoms with Crippen LogP contribution in [0.2, 0.25) is 0 Å². The summed E-state index contributed by atoms with van der Waals surface area (Å²) in [6, 6.07) is 8.00. The number of hydrogen-bond donors (Lipinski definition) is 2. The zero-order valence-electron chi connectivity index (χ0n) is 11.1. The van der Waals surface area contributed by atoms with Gasteiger partial charge in [-0.05, 0) is 24.0 Å². The maximum Gasteiger partial charge on any atom is 0.312 e. The summed E-state index contributed by atoms with van der Waals surface area (Å²) in [4.78, 5) is 25.6. The Kier molecular flexibility index (Phi) is 4.68. The molecule has 1 aromatic rings. The number of benzene rings is 1. The van der Waals surface area contributed by atoms with Crippen LogP contribution in [-0.2, 0) is 22.6 Å². The average Bonchev–Trinajstić information content (AvgIpc) is 2.65. The molecule has 5 nitrogen and oxygen atoms in total. The third-order valence-corrected chi connectivity index (χ3v) is 3.40. The molecule has 1 aliphatic heterocycles. The van der Waals surface area contributed by atoms with Gasteiger partial charge in [-0.1, -0.05) is 36.5 Å². The summed E-state index contributed by atoms with van der Waals surface area (Å²) in [5, 5.41) is 2.43. The fourth-order valence-electron chi connectivity index (χ4n) is 2.26. The molecule has 1 heterocycles. The summed E-state index contributed by atoms with van der Waals surface area (Å²) >= 11 is 4.67. The van der Waals surface area contributed by atoms with Gasteiger partial charge in [-0.15, -0.1) is 0 Å². The largest absolute Gasteiger partial charge is 0.392 e. The molecule has 2 rings (SSSR count). The molecule has 20 heavy (non-hydrogen) atoms. The molecule has 3 N–H and O–H groups in total. The molecule has 1 aromatic carbocycles. The zero-order chi connectivity index (χ0) is 14.5. The molecule has 0 unspecified atom stereocenters. The number of amides is 2. The standard InChI is InChI=1S/C14H17N3O2S/c15-12(20)8-16-13(18)14(19)17-7-3-6-10-4-1-2-5-11(10)9-17/h1-2,4-5H,3,6-9H2,(H2,15,20)(H,16,18). The van der Waals surface area contributed by atoms with Gasteiger partial charge < -0.3 is 16.0 Å². The topological polar surface area (TPSA) is 75.4 Å². The lowest BCUT2D eigenvalue weighted by atomic mass is 10.0. The van der Waals surface area contributed by atoms with Gasteiger partial charge in [0, 0.05) is 13.1 Å². The van der Waals surface area contributed by atoms with E-state index in [-0.39, 0.29) is 11.5 Å². The lowest BCUT2D eigenvalue weighted by molar-refractivity contribution is -0.146. The van der Waals surface area contributed by atoms with E-state index < -0.39 is 11.8 Å². The Balaban J connectivity index is 2.04. The van der Waals surface area contributed by atoms with E-state index in [1.165, 1.54) is 5.56 Å². The Bertz CT molecular complexity index is 545. The molecule has 0 aliphatic carbocycles. The lowest BCUT2D eigenvalue weighted by Crippen LogP contribution is -2.44. The smallest absolute Gasteiger partial charge is 0.312 e. The van der Waals surface area contributed by atoms with Gasteiger partial charge in [-0.25, -0.2) is 0 Å². The first-order chi connectivity index (χ1) is 9.58. The molecule has 0 bridgehead atoms. The number of nitrogens with one attached hydrogen (secondary N) is 1. The molecule has 0 saturated heterocycles. The third kappa shape index (κ3) is 3.54. The number of carbonyl (C=O) groups excluding carboxylic acids is 2. The zero-order valence-corrected chi connectivity index (χ0v) is 11.9. The van der Waals surface area contributed by atoms with E-state index in [2.05, 4.69) is 23.6 Å².